The first-order chi connectivity index (χ1) is 5.50. The van der Waals surface area contributed by atoms with Gasteiger partial charge in [0.05, 0.1) is 7.43 Å². The Morgan fingerprint density at radius 3 is 2.00 bits per heavy atom. The summed E-state index contributed by atoms with van der Waals surface area (Å²) in [4.78, 5) is 0. The minimum absolute atomic E-state index is 0.522. The van der Waals surface area contributed by atoms with Gasteiger partial charge in [-0.1, -0.05) is 17.3 Å². The van der Waals surface area contributed by atoms with Gasteiger partial charge < -0.3 is 0 Å². The van der Waals surface area contributed by atoms with Crippen molar-refractivity contribution < 1.29 is 0 Å². The zero-order valence-electron chi connectivity index (χ0n) is 8.42. The van der Waals surface area contributed by atoms with E-state index in [0.717, 1.165) is 6.16 Å². The van der Waals surface area contributed by atoms with Gasteiger partial charge in [0.2, 0.25) is 0 Å². The fourth-order valence-corrected chi connectivity index (χ4v) is 4.04. The van der Waals surface area contributed by atoms with Gasteiger partial charge in [0, 0.05) is 18.2 Å². The molecule has 0 aromatic carbocycles. The molecule has 0 saturated carbocycles. The summed E-state index contributed by atoms with van der Waals surface area (Å²) in [6, 6.07) is 1.04. The van der Waals surface area contributed by atoms with E-state index >= 15 is 0 Å². The average molecular weight is 208 g/mol. The van der Waals surface area contributed by atoms with E-state index in [-0.39, 0.29) is 0 Å². The van der Waals surface area contributed by atoms with Crippen molar-refractivity contribution in [3.63, 3.8) is 0 Å². The maximum atomic E-state index is 6.26. The Labute approximate surface area is 82.4 Å². The average Bonchev–Trinajstić information content (AvgIpc) is 1.85. The molecular weight excluding hydrogens is 189 g/mol. The number of allylic oxidation sites excluding steroid dienone is 1. The van der Waals surface area contributed by atoms with Gasteiger partial charge in [-0.05, 0) is 27.7 Å². The zero-order valence-corrected chi connectivity index (χ0v) is 10.1. The molecule has 0 N–H and O–H groups in total. The molecule has 0 saturated heterocycles. The van der Waals surface area contributed by atoms with Gasteiger partial charge in [-0.2, -0.15) is 0 Å². The van der Waals surface area contributed by atoms with Gasteiger partial charge >= 0.3 is 0 Å². The van der Waals surface area contributed by atoms with Crippen molar-refractivity contribution in [1.29, 1.82) is 0 Å². The summed E-state index contributed by atoms with van der Waals surface area (Å²) in [7, 11) is -0.535. The van der Waals surface area contributed by atoms with Crippen molar-refractivity contribution in [1.82, 2.24) is 4.67 Å². The Morgan fingerprint density at radius 2 is 1.75 bits per heavy atom. The summed E-state index contributed by atoms with van der Waals surface area (Å²) >= 11 is 6.26. The van der Waals surface area contributed by atoms with Crippen LogP contribution in [0.1, 0.15) is 27.7 Å². The van der Waals surface area contributed by atoms with Crippen molar-refractivity contribution in [3.8, 4) is 0 Å². The Hall–Kier alpha value is 0.420. The molecule has 0 radical (unpaired) electrons. The molecule has 0 fully saturated rings. The van der Waals surface area contributed by atoms with Crippen LogP contribution in [0.2, 0.25) is 0 Å². The molecule has 0 aliphatic carbocycles. The van der Waals surface area contributed by atoms with Gasteiger partial charge in [0.25, 0.3) is 0 Å². The molecule has 1 atom stereocenters. The van der Waals surface area contributed by atoms with Crippen LogP contribution in [-0.4, -0.2) is 22.9 Å². The van der Waals surface area contributed by atoms with Crippen molar-refractivity contribution in [2.45, 2.75) is 39.8 Å². The standard InChI is InChI=1S/C9H19ClNP/c1-6-7-12(10)11(8(2)3)9(4)5/h6,8-9H,1,7H2,2-5H3. The van der Waals surface area contributed by atoms with E-state index in [0.29, 0.717) is 12.1 Å². The third-order valence-electron chi connectivity index (χ3n) is 1.59. The summed E-state index contributed by atoms with van der Waals surface area (Å²) < 4.78 is 2.35. The van der Waals surface area contributed by atoms with Crippen LogP contribution in [0, 0.1) is 0 Å². The third kappa shape index (κ3) is 3.89. The molecule has 0 aliphatic rings. The minimum atomic E-state index is -0.535. The lowest BCUT2D eigenvalue weighted by Gasteiger charge is -2.33. The molecule has 1 nitrogen and oxygen atoms in total. The van der Waals surface area contributed by atoms with Gasteiger partial charge in [0.1, 0.15) is 0 Å². The van der Waals surface area contributed by atoms with Crippen LogP contribution in [-0.2, 0) is 0 Å². The van der Waals surface area contributed by atoms with Crippen LogP contribution < -0.4 is 0 Å². The van der Waals surface area contributed by atoms with Crippen molar-refractivity contribution in [2.24, 2.45) is 0 Å². The molecule has 0 aromatic heterocycles. The third-order valence-corrected chi connectivity index (χ3v) is 4.51. The lowest BCUT2D eigenvalue weighted by Crippen LogP contribution is -2.31. The Bertz CT molecular complexity index is 128. The molecule has 1 unspecified atom stereocenters. The Balaban J connectivity index is 4.18. The number of nitrogens with zero attached hydrogens (tertiary/aromatic N) is 1. The first kappa shape index (κ1) is 12.4. The van der Waals surface area contributed by atoms with Crippen LogP contribution in [0.5, 0.6) is 0 Å². The highest BCUT2D eigenvalue weighted by atomic mass is 35.7. The predicted octanol–water partition coefficient (Wildman–Crippen LogP) is 3.84. The normalized spacial score (nSPS) is 14.3. The first-order valence-corrected chi connectivity index (χ1v) is 6.71. The predicted molar refractivity (Wildman–Crippen MR) is 59.9 cm³/mol. The summed E-state index contributed by atoms with van der Waals surface area (Å²) in [5.74, 6) is 0. The molecule has 3 heteroatoms. The second-order valence-corrected chi connectivity index (χ2v) is 6.05. The first-order valence-electron chi connectivity index (χ1n) is 4.33. The SMILES string of the molecule is C=CCP(Cl)N(C(C)C)C(C)C. The monoisotopic (exact) mass is 207 g/mol. The van der Waals surface area contributed by atoms with Crippen molar-refractivity contribution in [3.05, 3.63) is 12.7 Å². The van der Waals surface area contributed by atoms with E-state index in [2.05, 4.69) is 38.9 Å². The number of hydrogen-bond donors (Lipinski definition) is 0. The molecule has 0 heterocycles. The molecule has 0 bridgehead atoms. The Morgan fingerprint density at radius 1 is 1.33 bits per heavy atom. The van der Waals surface area contributed by atoms with Crippen molar-refractivity contribution >= 4 is 18.7 Å². The highest BCUT2D eigenvalue weighted by Crippen LogP contribution is 2.47. The van der Waals surface area contributed by atoms with Gasteiger partial charge in [-0.25, -0.2) is 0 Å². The van der Waals surface area contributed by atoms with Gasteiger partial charge in [-0.15, -0.1) is 6.58 Å². The number of hydrogen-bond acceptors (Lipinski definition) is 1. The lowest BCUT2D eigenvalue weighted by atomic mass is 10.3. The van der Waals surface area contributed by atoms with Gasteiger partial charge in [0.15, 0.2) is 0 Å². The fraction of sp³-hybridized carbons (Fsp3) is 0.778. The summed E-state index contributed by atoms with van der Waals surface area (Å²) in [6.45, 7) is 12.4. The second-order valence-electron chi connectivity index (χ2n) is 3.38. The zero-order chi connectivity index (χ0) is 9.72. The number of halogens is 1. The fourth-order valence-electron chi connectivity index (χ4n) is 1.30. The maximum Gasteiger partial charge on any atom is 0.0669 e. The highest BCUT2D eigenvalue weighted by molar-refractivity contribution is 7.82. The summed E-state index contributed by atoms with van der Waals surface area (Å²) in [5.41, 5.74) is 0. The topological polar surface area (TPSA) is 3.24 Å². The molecule has 0 amide bonds. The molecule has 12 heavy (non-hydrogen) atoms. The molecular formula is C9H19ClNP. The molecule has 0 rings (SSSR count). The van der Waals surface area contributed by atoms with Crippen LogP contribution in [0.15, 0.2) is 12.7 Å². The van der Waals surface area contributed by atoms with E-state index in [1.165, 1.54) is 0 Å². The van der Waals surface area contributed by atoms with Gasteiger partial charge in [-0.3, -0.25) is 4.67 Å². The smallest absolute Gasteiger partial charge is 0.0669 e. The second kappa shape index (κ2) is 5.96. The highest BCUT2D eigenvalue weighted by Gasteiger charge is 2.20. The van der Waals surface area contributed by atoms with E-state index in [4.69, 9.17) is 11.2 Å². The van der Waals surface area contributed by atoms with E-state index < -0.39 is 7.43 Å². The van der Waals surface area contributed by atoms with Crippen molar-refractivity contribution in [2.75, 3.05) is 6.16 Å². The van der Waals surface area contributed by atoms with Crippen LogP contribution in [0.3, 0.4) is 0 Å². The molecule has 0 aromatic rings. The summed E-state index contributed by atoms with van der Waals surface area (Å²) in [5, 5.41) is 0. The molecule has 0 aliphatic heterocycles. The van der Waals surface area contributed by atoms with E-state index in [9.17, 15) is 0 Å². The van der Waals surface area contributed by atoms with Crippen LogP contribution >= 0.6 is 18.7 Å². The summed E-state index contributed by atoms with van der Waals surface area (Å²) in [6.07, 6.45) is 2.81. The van der Waals surface area contributed by atoms with Crippen LogP contribution in [0.4, 0.5) is 0 Å². The largest absolute Gasteiger partial charge is 0.264 e. The molecule has 0 spiro atoms. The van der Waals surface area contributed by atoms with Crippen LogP contribution in [0.25, 0.3) is 0 Å². The quantitative estimate of drug-likeness (QED) is 0.489. The number of rotatable bonds is 5. The minimum Gasteiger partial charge on any atom is -0.264 e. The maximum absolute atomic E-state index is 6.26. The van der Waals surface area contributed by atoms with E-state index in [1.54, 1.807) is 0 Å². The lowest BCUT2D eigenvalue weighted by molar-refractivity contribution is 0.327. The Kier molecular flexibility index (Phi) is 6.17. The van der Waals surface area contributed by atoms with E-state index in [1.807, 2.05) is 6.08 Å². The molecule has 72 valence electrons.